The summed E-state index contributed by atoms with van der Waals surface area (Å²) in [6.45, 7) is 5.12. The summed E-state index contributed by atoms with van der Waals surface area (Å²) >= 11 is 0. The fourth-order valence-electron chi connectivity index (χ4n) is 3.44. The number of amides is 2. The van der Waals surface area contributed by atoms with Crippen molar-refractivity contribution in [2.24, 2.45) is 0 Å². The van der Waals surface area contributed by atoms with Gasteiger partial charge in [0.05, 0.1) is 26.1 Å². The van der Waals surface area contributed by atoms with Crippen LogP contribution in [0.2, 0.25) is 0 Å². The van der Waals surface area contributed by atoms with Gasteiger partial charge in [0.25, 0.3) is 0 Å². The van der Waals surface area contributed by atoms with Gasteiger partial charge in [0, 0.05) is 19.5 Å². The van der Waals surface area contributed by atoms with Gasteiger partial charge < -0.3 is 19.7 Å². The lowest BCUT2D eigenvalue weighted by Crippen LogP contribution is -2.57. The molecule has 0 aromatic carbocycles. The Labute approximate surface area is 180 Å². The molecule has 1 aliphatic rings. The molecule has 0 aromatic rings. The molecule has 172 valence electrons. The van der Waals surface area contributed by atoms with Crippen molar-refractivity contribution < 1.29 is 28.7 Å². The van der Waals surface area contributed by atoms with E-state index in [4.69, 9.17) is 9.47 Å². The molecule has 1 fully saturated rings. The van der Waals surface area contributed by atoms with Crippen molar-refractivity contribution >= 4 is 23.8 Å². The second kappa shape index (κ2) is 15.7. The van der Waals surface area contributed by atoms with Gasteiger partial charge in [-0.25, -0.2) is 0 Å². The summed E-state index contributed by atoms with van der Waals surface area (Å²) in [6, 6.07) is -0.889. The number of carbonyl (C=O) groups is 4. The number of hydrogen-bond donors (Lipinski definition) is 1. The number of rotatable bonds is 15. The van der Waals surface area contributed by atoms with Crippen molar-refractivity contribution in [3.05, 3.63) is 0 Å². The number of esters is 2. The largest absolute Gasteiger partial charge is 0.466 e. The Hall–Kier alpha value is -2.12. The standard InChI is InChI=1S/C22H38N2O6/c1-3-5-6-7-8-9-10-11-16-30-21(27)17-18-22(28)23-14-15-24(18)19(25)12-13-20(26)29-4-2/h18H,3-17H2,1-2H3,(H,23,28). The third-order valence-corrected chi connectivity index (χ3v) is 5.12. The zero-order valence-electron chi connectivity index (χ0n) is 18.6. The fraction of sp³-hybridized carbons (Fsp3) is 0.818. The van der Waals surface area contributed by atoms with Crippen molar-refractivity contribution in [3.8, 4) is 0 Å². The van der Waals surface area contributed by atoms with Crippen LogP contribution in [0.3, 0.4) is 0 Å². The molecule has 1 N–H and O–H groups in total. The van der Waals surface area contributed by atoms with E-state index in [9.17, 15) is 19.2 Å². The SMILES string of the molecule is CCCCCCCCCCOC(=O)CC1C(=O)NCCN1C(=O)CCC(=O)OCC. The molecule has 0 aromatic heterocycles. The van der Waals surface area contributed by atoms with Crippen molar-refractivity contribution in [2.45, 2.75) is 90.5 Å². The molecular weight excluding hydrogens is 388 g/mol. The average molecular weight is 427 g/mol. The van der Waals surface area contributed by atoms with E-state index in [0.717, 1.165) is 19.3 Å². The first-order valence-corrected chi connectivity index (χ1v) is 11.4. The highest BCUT2D eigenvalue weighted by Gasteiger charge is 2.35. The summed E-state index contributed by atoms with van der Waals surface area (Å²) in [5.74, 6) is -1.63. The zero-order valence-corrected chi connectivity index (χ0v) is 18.6. The van der Waals surface area contributed by atoms with Crippen molar-refractivity contribution in [1.29, 1.82) is 0 Å². The van der Waals surface area contributed by atoms with Crippen molar-refractivity contribution in [2.75, 3.05) is 26.3 Å². The first-order valence-electron chi connectivity index (χ1n) is 11.4. The molecule has 0 aliphatic carbocycles. The lowest BCUT2D eigenvalue weighted by atomic mass is 10.1. The van der Waals surface area contributed by atoms with Crippen LogP contribution in [-0.2, 0) is 28.7 Å². The maximum Gasteiger partial charge on any atom is 0.308 e. The Morgan fingerprint density at radius 2 is 1.60 bits per heavy atom. The van der Waals surface area contributed by atoms with Crippen LogP contribution in [0.5, 0.6) is 0 Å². The number of piperazine rings is 1. The van der Waals surface area contributed by atoms with Crippen LogP contribution in [-0.4, -0.2) is 61.0 Å². The summed E-state index contributed by atoms with van der Waals surface area (Å²) in [4.78, 5) is 49.7. The van der Waals surface area contributed by atoms with Crippen molar-refractivity contribution in [1.82, 2.24) is 10.2 Å². The molecule has 0 bridgehead atoms. The van der Waals surface area contributed by atoms with Gasteiger partial charge in [-0.05, 0) is 13.3 Å². The van der Waals surface area contributed by atoms with Gasteiger partial charge >= 0.3 is 11.9 Å². The minimum Gasteiger partial charge on any atom is -0.466 e. The van der Waals surface area contributed by atoms with Crippen LogP contribution in [0, 0.1) is 0 Å². The molecule has 1 rings (SSSR count). The maximum atomic E-state index is 12.5. The Morgan fingerprint density at radius 1 is 0.933 bits per heavy atom. The average Bonchev–Trinajstić information content (AvgIpc) is 2.72. The van der Waals surface area contributed by atoms with E-state index >= 15 is 0 Å². The van der Waals surface area contributed by atoms with E-state index in [1.54, 1.807) is 6.92 Å². The molecule has 8 nitrogen and oxygen atoms in total. The predicted octanol–water partition coefficient (Wildman–Crippen LogP) is 2.73. The zero-order chi connectivity index (χ0) is 22.2. The predicted molar refractivity (Wildman–Crippen MR) is 113 cm³/mol. The first kappa shape index (κ1) is 25.9. The van der Waals surface area contributed by atoms with Gasteiger partial charge in [-0.1, -0.05) is 51.9 Å². The van der Waals surface area contributed by atoms with Crippen LogP contribution < -0.4 is 5.32 Å². The minimum absolute atomic E-state index is 0.0413. The van der Waals surface area contributed by atoms with Gasteiger partial charge in [-0.3, -0.25) is 19.2 Å². The number of nitrogens with one attached hydrogen (secondary N) is 1. The van der Waals surface area contributed by atoms with Gasteiger partial charge in [0.1, 0.15) is 6.04 Å². The van der Waals surface area contributed by atoms with E-state index < -0.39 is 18.0 Å². The third-order valence-electron chi connectivity index (χ3n) is 5.12. The maximum absolute atomic E-state index is 12.5. The molecule has 1 saturated heterocycles. The minimum atomic E-state index is -0.889. The Balaban J connectivity index is 2.32. The topological polar surface area (TPSA) is 102 Å². The fourth-order valence-corrected chi connectivity index (χ4v) is 3.44. The molecule has 1 unspecified atom stereocenters. The highest BCUT2D eigenvalue weighted by molar-refractivity contribution is 5.92. The van der Waals surface area contributed by atoms with Gasteiger partial charge in [0.2, 0.25) is 11.8 Å². The van der Waals surface area contributed by atoms with Crippen LogP contribution in [0.1, 0.15) is 84.5 Å². The van der Waals surface area contributed by atoms with Gasteiger partial charge in [-0.15, -0.1) is 0 Å². The Kier molecular flexibility index (Phi) is 13.5. The molecule has 30 heavy (non-hydrogen) atoms. The Bertz CT molecular complexity index is 552. The molecule has 0 radical (unpaired) electrons. The van der Waals surface area contributed by atoms with E-state index in [2.05, 4.69) is 12.2 Å². The molecule has 2 amide bonds. The van der Waals surface area contributed by atoms with Gasteiger partial charge in [-0.2, -0.15) is 0 Å². The van der Waals surface area contributed by atoms with Crippen LogP contribution in [0.25, 0.3) is 0 Å². The van der Waals surface area contributed by atoms with Crippen LogP contribution in [0.15, 0.2) is 0 Å². The number of nitrogens with zero attached hydrogens (tertiary/aromatic N) is 1. The molecule has 0 spiro atoms. The van der Waals surface area contributed by atoms with E-state index in [0.29, 0.717) is 19.7 Å². The summed E-state index contributed by atoms with van der Waals surface area (Å²) in [7, 11) is 0. The normalized spacial score (nSPS) is 16.1. The number of ether oxygens (including phenoxy) is 2. The van der Waals surface area contributed by atoms with Crippen LogP contribution in [0.4, 0.5) is 0 Å². The number of carbonyl (C=O) groups excluding carboxylic acids is 4. The first-order chi connectivity index (χ1) is 14.5. The molecule has 1 heterocycles. The Morgan fingerprint density at radius 3 is 2.27 bits per heavy atom. The molecular formula is C22H38N2O6. The third kappa shape index (κ3) is 10.6. The molecule has 1 atom stereocenters. The second-order valence-electron chi connectivity index (χ2n) is 7.60. The monoisotopic (exact) mass is 426 g/mol. The van der Waals surface area contributed by atoms with Gasteiger partial charge in [0.15, 0.2) is 0 Å². The summed E-state index contributed by atoms with van der Waals surface area (Å²) in [5.41, 5.74) is 0. The number of unbranched alkanes of at least 4 members (excludes halogenated alkanes) is 7. The van der Waals surface area contributed by atoms with E-state index in [-0.39, 0.29) is 37.7 Å². The number of hydrogen-bond acceptors (Lipinski definition) is 6. The molecule has 0 saturated carbocycles. The van der Waals surface area contributed by atoms with E-state index in [1.165, 1.54) is 37.0 Å². The highest BCUT2D eigenvalue weighted by Crippen LogP contribution is 2.14. The highest BCUT2D eigenvalue weighted by atomic mass is 16.5. The van der Waals surface area contributed by atoms with Crippen LogP contribution >= 0.6 is 0 Å². The summed E-state index contributed by atoms with van der Waals surface area (Å²) < 4.78 is 10.1. The lowest BCUT2D eigenvalue weighted by molar-refractivity contribution is -0.153. The molecule has 8 heteroatoms. The van der Waals surface area contributed by atoms with E-state index in [1.807, 2.05) is 0 Å². The lowest BCUT2D eigenvalue weighted by Gasteiger charge is -2.34. The summed E-state index contributed by atoms with van der Waals surface area (Å²) in [6.07, 6.45) is 8.96. The van der Waals surface area contributed by atoms with Crippen molar-refractivity contribution in [3.63, 3.8) is 0 Å². The summed E-state index contributed by atoms with van der Waals surface area (Å²) in [5, 5.41) is 2.68. The quantitative estimate of drug-likeness (QED) is 0.319. The second-order valence-corrected chi connectivity index (χ2v) is 7.60. The smallest absolute Gasteiger partial charge is 0.308 e. The molecule has 1 aliphatic heterocycles.